The van der Waals surface area contributed by atoms with Crippen LogP contribution < -0.4 is 14.8 Å². The monoisotopic (exact) mass is 348 g/mol. The molecule has 1 aromatic carbocycles. The quantitative estimate of drug-likeness (QED) is 0.809. The van der Waals surface area contributed by atoms with Crippen LogP contribution in [0.25, 0.3) is 10.9 Å². The molecule has 7 nitrogen and oxygen atoms in total. The third-order valence-corrected chi connectivity index (χ3v) is 4.20. The van der Waals surface area contributed by atoms with Crippen LogP contribution in [-0.2, 0) is 16.6 Å². The summed E-state index contributed by atoms with van der Waals surface area (Å²) in [6, 6.07) is 4.57. The van der Waals surface area contributed by atoms with E-state index in [-0.39, 0.29) is 11.8 Å². The van der Waals surface area contributed by atoms with Gasteiger partial charge in [0.1, 0.15) is 23.2 Å². The molecule has 1 atom stereocenters. The number of rotatable bonds is 6. The molecule has 0 aliphatic rings. The molecular formula is C18H24N2O5. The third-order valence-electron chi connectivity index (χ3n) is 4.20. The van der Waals surface area contributed by atoms with E-state index in [1.165, 1.54) is 7.11 Å². The second-order valence-corrected chi connectivity index (χ2v) is 6.04. The Balaban J connectivity index is 2.48. The third kappa shape index (κ3) is 3.40. The predicted octanol–water partition coefficient (Wildman–Crippen LogP) is 2.12. The van der Waals surface area contributed by atoms with Crippen LogP contribution in [0, 0.1) is 5.92 Å². The number of methoxy groups -OCH3 is 3. The van der Waals surface area contributed by atoms with E-state index >= 15 is 0 Å². The molecule has 0 fully saturated rings. The molecule has 0 radical (unpaired) electrons. The number of amides is 1. The summed E-state index contributed by atoms with van der Waals surface area (Å²) >= 11 is 0. The molecule has 25 heavy (non-hydrogen) atoms. The lowest BCUT2D eigenvalue weighted by atomic mass is 10.0. The second kappa shape index (κ2) is 7.46. The van der Waals surface area contributed by atoms with Gasteiger partial charge in [0.05, 0.1) is 26.8 Å². The molecule has 0 spiro atoms. The molecule has 0 aliphatic heterocycles. The van der Waals surface area contributed by atoms with Crippen molar-refractivity contribution in [1.82, 2.24) is 9.88 Å². The summed E-state index contributed by atoms with van der Waals surface area (Å²) in [5.41, 5.74) is 1.14. The Morgan fingerprint density at radius 1 is 1.08 bits per heavy atom. The van der Waals surface area contributed by atoms with Gasteiger partial charge in [-0.3, -0.25) is 4.79 Å². The van der Waals surface area contributed by atoms with Crippen LogP contribution >= 0.6 is 0 Å². The van der Waals surface area contributed by atoms with Crippen LogP contribution in [0.4, 0.5) is 0 Å². The smallest absolute Gasteiger partial charge is 0.328 e. The van der Waals surface area contributed by atoms with Gasteiger partial charge in [-0.15, -0.1) is 0 Å². The van der Waals surface area contributed by atoms with E-state index in [2.05, 4.69) is 5.32 Å². The molecule has 1 unspecified atom stereocenters. The van der Waals surface area contributed by atoms with Crippen molar-refractivity contribution >= 4 is 22.8 Å². The lowest BCUT2D eigenvalue weighted by Crippen LogP contribution is -2.45. The molecular weight excluding hydrogens is 324 g/mol. The van der Waals surface area contributed by atoms with Gasteiger partial charge in [0, 0.05) is 12.4 Å². The zero-order chi connectivity index (χ0) is 18.7. The normalized spacial score (nSPS) is 12.1. The van der Waals surface area contributed by atoms with Gasteiger partial charge >= 0.3 is 5.97 Å². The average molecular weight is 348 g/mol. The van der Waals surface area contributed by atoms with Crippen molar-refractivity contribution in [3.05, 3.63) is 23.9 Å². The summed E-state index contributed by atoms with van der Waals surface area (Å²) in [6.45, 7) is 3.69. The Labute approximate surface area is 146 Å². The topological polar surface area (TPSA) is 78.8 Å². The predicted molar refractivity (Wildman–Crippen MR) is 94.1 cm³/mol. The summed E-state index contributed by atoms with van der Waals surface area (Å²) in [5.74, 6) is 0.323. The molecule has 7 heteroatoms. The van der Waals surface area contributed by atoms with E-state index in [4.69, 9.17) is 14.2 Å². The van der Waals surface area contributed by atoms with Gasteiger partial charge in [-0.1, -0.05) is 13.8 Å². The Morgan fingerprint density at radius 2 is 1.68 bits per heavy atom. The van der Waals surface area contributed by atoms with Gasteiger partial charge in [0.15, 0.2) is 0 Å². The molecule has 0 saturated carbocycles. The fourth-order valence-corrected chi connectivity index (χ4v) is 2.81. The number of hydrogen-bond donors (Lipinski definition) is 1. The van der Waals surface area contributed by atoms with Crippen molar-refractivity contribution < 1.29 is 23.8 Å². The van der Waals surface area contributed by atoms with Crippen molar-refractivity contribution in [1.29, 1.82) is 0 Å². The first-order valence-electron chi connectivity index (χ1n) is 7.94. The number of aromatic nitrogens is 1. The van der Waals surface area contributed by atoms with E-state index < -0.39 is 12.0 Å². The van der Waals surface area contributed by atoms with E-state index in [1.807, 2.05) is 13.8 Å². The first-order valence-corrected chi connectivity index (χ1v) is 7.94. The van der Waals surface area contributed by atoms with Crippen LogP contribution in [0.3, 0.4) is 0 Å². The van der Waals surface area contributed by atoms with Crippen molar-refractivity contribution in [2.24, 2.45) is 13.0 Å². The molecule has 136 valence electrons. The zero-order valence-electron chi connectivity index (χ0n) is 15.4. The average Bonchev–Trinajstić information content (AvgIpc) is 2.95. The molecule has 2 rings (SSSR count). The molecule has 0 aliphatic carbocycles. The van der Waals surface area contributed by atoms with Gasteiger partial charge < -0.3 is 24.1 Å². The van der Waals surface area contributed by atoms with Gasteiger partial charge in [0.2, 0.25) is 0 Å². The molecule has 1 amide bonds. The summed E-state index contributed by atoms with van der Waals surface area (Å²) in [7, 11) is 6.21. The standard InChI is InChI=1S/C18H24N2O5/c1-10(2)15(18(22)25-6)19-17(21)12-9-11-13(23-4)7-8-14(24-5)16(11)20(12)3/h7-10,15H,1-6H3,(H,19,21). The highest BCUT2D eigenvalue weighted by Gasteiger charge is 2.27. The van der Waals surface area contributed by atoms with E-state index in [0.29, 0.717) is 17.2 Å². The van der Waals surface area contributed by atoms with Crippen LogP contribution in [0.2, 0.25) is 0 Å². The zero-order valence-corrected chi connectivity index (χ0v) is 15.4. The number of hydrogen-bond acceptors (Lipinski definition) is 5. The maximum Gasteiger partial charge on any atom is 0.328 e. The Hall–Kier alpha value is -2.70. The number of carbonyl (C=O) groups is 2. The molecule has 2 aromatic rings. The first kappa shape index (κ1) is 18.6. The van der Waals surface area contributed by atoms with Gasteiger partial charge in [-0.2, -0.15) is 0 Å². The van der Waals surface area contributed by atoms with Crippen molar-refractivity contribution in [2.45, 2.75) is 19.9 Å². The van der Waals surface area contributed by atoms with E-state index in [1.54, 1.807) is 44.0 Å². The SMILES string of the molecule is COC(=O)C(NC(=O)c1cc2c(OC)ccc(OC)c2n1C)C(C)C. The Bertz CT molecular complexity index is 794. The summed E-state index contributed by atoms with van der Waals surface area (Å²) in [4.78, 5) is 24.6. The Morgan fingerprint density at radius 3 is 2.20 bits per heavy atom. The van der Waals surface area contributed by atoms with Crippen molar-refractivity contribution in [3.8, 4) is 11.5 Å². The lowest BCUT2D eigenvalue weighted by Gasteiger charge is -2.19. The number of aryl methyl sites for hydroxylation is 1. The highest BCUT2D eigenvalue weighted by atomic mass is 16.5. The highest BCUT2D eigenvalue weighted by Crippen LogP contribution is 2.35. The summed E-state index contributed by atoms with van der Waals surface area (Å²) in [6.07, 6.45) is 0. The maximum absolute atomic E-state index is 12.7. The Kier molecular flexibility index (Phi) is 5.56. The number of nitrogens with one attached hydrogen (secondary N) is 1. The van der Waals surface area contributed by atoms with Gasteiger partial charge in [0.25, 0.3) is 5.91 Å². The number of ether oxygens (including phenoxy) is 3. The number of benzene rings is 1. The van der Waals surface area contributed by atoms with Gasteiger partial charge in [-0.25, -0.2) is 4.79 Å². The largest absolute Gasteiger partial charge is 0.496 e. The van der Waals surface area contributed by atoms with Crippen molar-refractivity contribution in [2.75, 3.05) is 21.3 Å². The van der Waals surface area contributed by atoms with Crippen LogP contribution in [0.15, 0.2) is 18.2 Å². The first-order chi connectivity index (χ1) is 11.8. The fraction of sp³-hybridized carbons (Fsp3) is 0.444. The minimum atomic E-state index is -0.723. The minimum Gasteiger partial charge on any atom is -0.496 e. The van der Waals surface area contributed by atoms with E-state index in [9.17, 15) is 9.59 Å². The fourth-order valence-electron chi connectivity index (χ4n) is 2.81. The minimum absolute atomic E-state index is 0.102. The number of nitrogens with zero attached hydrogens (tertiary/aromatic N) is 1. The molecule has 1 heterocycles. The lowest BCUT2D eigenvalue weighted by molar-refractivity contribution is -0.144. The molecule has 1 N–H and O–H groups in total. The number of carbonyl (C=O) groups excluding carboxylic acids is 2. The van der Waals surface area contributed by atoms with Crippen molar-refractivity contribution in [3.63, 3.8) is 0 Å². The summed E-state index contributed by atoms with van der Waals surface area (Å²) in [5, 5.41) is 3.50. The number of fused-ring (bicyclic) bond motifs is 1. The molecule has 1 aromatic heterocycles. The summed E-state index contributed by atoms with van der Waals surface area (Å²) < 4.78 is 17.3. The highest BCUT2D eigenvalue weighted by molar-refractivity contribution is 6.03. The maximum atomic E-state index is 12.7. The molecule has 0 bridgehead atoms. The van der Waals surface area contributed by atoms with Crippen LogP contribution in [0.5, 0.6) is 11.5 Å². The van der Waals surface area contributed by atoms with Crippen LogP contribution in [-0.4, -0.2) is 43.8 Å². The molecule has 0 saturated heterocycles. The van der Waals surface area contributed by atoms with Crippen LogP contribution in [0.1, 0.15) is 24.3 Å². The number of esters is 1. The van der Waals surface area contributed by atoms with Gasteiger partial charge in [-0.05, 0) is 24.1 Å². The van der Waals surface area contributed by atoms with E-state index in [0.717, 1.165) is 10.9 Å². The second-order valence-electron chi connectivity index (χ2n) is 6.04.